The number of esters is 1. The third kappa shape index (κ3) is 3.70. The molecule has 86 valence electrons. The second-order valence-corrected chi connectivity index (χ2v) is 3.77. The number of hydrogen-bond acceptors (Lipinski definition) is 2. The van der Waals surface area contributed by atoms with E-state index in [0.29, 0.717) is 13.0 Å². The van der Waals surface area contributed by atoms with Crippen molar-refractivity contribution in [1.29, 1.82) is 0 Å². The molecule has 0 aromatic heterocycles. The maximum Gasteiger partial charge on any atom is 0.309 e. The predicted octanol–water partition coefficient (Wildman–Crippen LogP) is 3.61. The van der Waals surface area contributed by atoms with Crippen LogP contribution < -0.4 is 0 Å². The van der Waals surface area contributed by atoms with Crippen LogP contribution in [0.15, 0.2) is 24.3 Å². The van der Waals surface area contributed by atoms with Crippen LogP contribution in [-0.4, -0.2) is 12.6 Å². The van der Waals surface area contributed by atoms with Crippen LogP contribution >= 0.6 is 11.6 Å². The third-order valence-corrected chi connectivity index (χ3v) is 2.61. The van der Waals surface area contributed by atoms with E-state index in [0.717, 1.165) is 16.1 Å². The van der Waals surface area contributed by atoms with Crippen LogP contribution in [0.1, 0.15) is 24.5 Å². The van der Waals surface area contributed by atoms with Crippen LogP contribution in [0.2, 0.25) is 5.02 Å². The van der Waals surface area contributed by atoms with Crippen LogP contribution in [0, 0.1) is 6.92 Å². The number of carbonyl (C=O) groups excluding carboxylic acids is 1. The zero-order valence-electron chi connectivity index (χ0n) is 9.50. The molecule has 1 rings (SSSR count). The van der Waals surface area contributed by atoms with E-state index in [1.54, 1.807) is 13.0 Å². The highest BCUT2D eigenvalue weighted by molar-refractivity contribution is 6.31. The summed E-state index contributed by atoms with van der Waals surface area (Å²) in [6.45, 7) is 4.16. The lowest BCUT2D eigenvalue weighted by molar-refractivity contribution is -0.142. The molecule has 2 nitrogen and oxygen atoms in total. The first-order chi connectivity index (χ1) is 7.65. The van der Waals surface area contributed by atoms with Gasteiger partial charge >= 0.3 is 5.97 Å². The molecule has 0 saturated heterocycles. The zero-order chi connectivity index (χ0) is 12.0. The molecule has 1 aromatic rings. The van der Waals surface area contributed by atoms with Crippen molar-refractivity contribution in [1.82, 2.24) is 0 Å². The predicted molar refractivity (Wildman–Crippen MR) is 66.5 cm³/mol. The quantitative estimate of drug-likeness (QED) is 0.749. The fourth-order valence-electron chi connectivity index (χ4n) is 1.31. The summed E-state index contributed by atoms with van der Waals surface area (Å²) in [5, 5.41) is 0.735. The van der Waals surface area contributed by atoms with Crippen molar-refractivity contribution >= 4 is 23.6 Å². The second kappa shape index (κ2) is 6.33. The highest BCUT2D eigenvalue weighted by Gasteiger charge is 1.99. The number of rotatable bonds is 4. The molecule has 0 unspecified atom stereocenters. The van der Waals surface area contributed by atoms with Gasteiger partial charge in [-0.3, -0.25) is 4.79 Å². The van der Waals surface area contributed by atoms with Gasteiger partial charge in [0.1, 0.15) is 0 Å². The average molecular weight is 239 g/mol. The molecule has 1 aromatic carbocycles. The van der Waals surface area contributed by atoms with E-state index in [1.807, 2.05) is 31.2 Å². The van der Waals surface area contributed by atoms with Gasteiger partial charge in [0.2, 0.25) is 0 Å². The van der Waals surface area contributed by atoms with Gasteiger partial charge in [0.25, 0.3) is 0 Å². The molecular weight excluding hydrogens is 224 g/mol. The summed E-state index contributed by atoms with van der Waals surface area (Å²) in [4.78, 5) is 11.1. The molecule has 0 spiro atoms. The molecule has 0 fully saturated rings. The molecule has 3 heteroatoms. The monoisotopic (exact) mass is 238 g/mol. The van der Waals surface area contributed by atoms with Crippen LogP contribution in [0.3, 0.4) is 0 Å². The van der Waals surface area contributed by atoms with Gasteiger partial charge in [0, 0.05) is 5.02 Å². The Bertz CT molecular complexity index is 397. The summed E-state index contributed by atoms with van der Waals surface area (Å²) >= 11 is 5.98. The minimum atomic E-state index is -0.210. The van der Waals surface area contributed by atoms with Crippen molar-refractivity contribution in [2.24, 2.45) is 0 Å². The molecule has 16 heavy (non-hydrogen) atoms. The molecule has 0 aliphatic heterocycles. The van der Waals surface area contributed by atoms with Crippen LogP contribution in [-0.2, 0) is 9.53 Å². The lowest BCUT2D eigenvalue weighted by Crippen LogP contribution is -2.01. The Labute approximate surface area is 101 Å². The fourth-order valence-corrected chi connectivity index (χ4v) is 1.49. The summed E-state index contributed by atoms with van der Waals surface area (Å²) < 4.78 is 4.82. The first-order valence-electron chi connectivity index (χ1n) is 5.22. The largest absolute Gasteiger partial charge is 0.466 e. The Hall–Kier alpha value is -1.28. The van der Waals surface area contributed by atoms with Crippen molar-refractivity contribution in [2.45, 2.75) is 20.3 Å². The van der Waals surface area contributed by atoms with E-state index in [-0.39, 0.29) is 5.97 Å². The van der Waals surface area contributed by atoms with Crippen LogP contribution in [0.5, 0.6) is 0 Å². The van der Waals surface area contributed by atoms with Gasteiger partial charge in [-0.2, -0.15) is 0 Å². The van der Waals surface area contributed by atoms with Gasteiger partial charge in [0.05, 0.1) is 13.0 Å². The standard InChI is InChI=1S/C13H15ClO2/c1-3-16-13(15)9-5-7-11-6-4-8-12(14)10(11)2/h4-8H,3,9H2,1-2H3. The summed E-state index contributed by atoms with van der Waals surface area (Å²) in [5.41, 5.74) is 2.04. The van der Waals surface area contributed by atoms with Gasteiger partial charge in [0.15, 0.2) is 0 Å². The Morgan fingerprint density at radius 2 is 2.25 bits per heavy atom. The first-order valence-corrected chi connectivity index (χ1v) is 5.60. The number of hydrogen-bond donors (Lipinski definition) is 0. The summed E-state index contributed by atoms with van der Waals surface area (Å²) in [7, 11) is 0. The minimum absolute atomic E-state index is 0.210. The van der Waals surface area contributed by atoms with E-state index >= 15 is 0 Å². The molecule has 0 atom stereocenters. The second-order valence-electron chi connectivity index (χ2n) is 3.37. The lowest BCUT2D eigenvalue weighted by Gasteiger charge is -2.02. The highest BCUT2D eigenvalue weighted by atomic mass is 35.5. The van der Waals surface area contributed by atoms with Gasteiger partial charge < -0.3 is 4.74 Å². The Morgan fingerprint density at radius 1 is 1.50 bits per heavy atom. The first kappa shape index (κ1) is 12.8. The summed E-state index contributed by atoms with van der Waals surface area (Å²) in [5.74, 6) is -0.210. The normalized spacial score (nSPS) is 10.7. The Balaban J connectivity index is 2.63. The fraction of sp³-hybridized carbons (Fsp3) is 0.308. The van der Waals surface area contributed by atoms with Crippen molar-refractivity contribution in [3.63, 3.8) is 0 Å². The van der Waals surface area contributed by atoms with E-state index in [4.69, 9.17) is 16.3 Å². The number of halogens is 1. The molecule has 0 saturated carbocycles. The van der Waals surface area contributed by atoms with Gasteiger partial charge in [-0.25, -0.2) is 0 Å². The SMILES string of the molecule is CCOC(=O)CC=Cc1cccc(Cl)c1C. The molecule has 0 N–H and O–H groups in total. The van der Waals surface area contributed by atoms with Crippen molar-refractivity contribution in [3.05, 3.63) is 40.4 Å². The number of ether oxygens (including phenoxy) is 1. The maximum absolute atomic E-state index is 11.1. The van der Waals surface area contributed by atoms with Gasteiger partial charge in [-0.15, -0.1) is 0 Å². The smallest absolute Gasteiger partial charge is 0.309 e. The van der Waals surface area contributed by atoms with Crippen LogP contribution in [0.4, 0.5) is 0 Å². The Morgan fingerprint density at radius 3 is 2.94 bits per heavy atom. The van der Waals surface area contributed by atoms with E-state index < -0.39 is 0 Å². The van der Waals surface area contributed by atoms with Crippen LogP contribution in [0.25, 0.3) is 6.08 Å². The molecule has 0 radical (unpaired) electrons. The van der Waals surface area contributed by atoms with Crippen molar-refractivity contribution in [2.75, 3.05) is 6.61 Å². The zero-order valence-corrected chi connectivity index (χ0v) is 10.3. The molecule has 0 aliphatic carbocycles. The minimum Gasteiger partial charge on any atom is -0.466 e. The Kier molecular flexibility index (Phi) is 5.06. The third-order valence-electron chi connectivity index (χ3n) is 2.20. The van der Waals surface area contributed by atoms with E-state index in [9.17, 15) is 4.79 Å². The number of carbonyl (C=O) groups is 1. The highest BCUT2D eigenvalue weighted by Crippen LogP contribution is 2.19. The van der Waals surface area contributed by atoms with E-state index in [1.165, 1.54) is 0 Å². The summed E-state index contributed by atoms with van der Waals surface area (Å²) in [6.07, 6.45) is 3.97. The van der Waals surface area contributed by atoms with Crippen molar-refractivity contribution < 1.29 is 9.53 Å². The topological polar surface area (TPSA) is 26.3 Å². The number of benzene rings is 1. The molecule has 0 bridgehead atoms. The van der Waals surface area contributed by atoms with E-state index in [2.05, 4.69) is 0 Å². The molecule has 0 aliphatic rings. The maximum atomic E-state index is 11.1. The van der Waals surface area contributed by atoms with Gasteiger partial charge in [-0.1, -0.05) is 35.9 Å². The summed E-state index contributed by atoms with van der Waals surface area (Å²) in [6, 6.07) is 5.70. The van der Waals surface area contributed by atoms with Gasteiger partial charge in [-0.05, 0) is 31.0 Å². The molecule has 0 heterocycles. The van der Waals surface area contributed by atoms with Crippen molar-refractivity contribution in [3.8, 4) is 0 Å². The lowest BCUT2D eigenvalue weighted by atomic mass is 10.1. The molecule has 0 amide bonds. The molecular formula is C13H15ClO2. The average Bonchev–Trinajstić information content (AvgIpc) is 2.25.